The third kappa shape index (κ3) is 19.4. The van der Waals surface area contributed by atoms with Crippen molar-refractivity contribution in [3.05, 3.63) is 0 Å². The minimum absolute atomic E-state index is 0. The molecule has 8 unspecified atom stereocenters. The molecule has 3 aliphatic rings. The van der Waals surface area contributed by atoms with Gasteiger partial charge >= 0.3 is 36.2 Å². The van der Waals surface area contributed by atoms with Crippen molar-refractivity contribution in [3.8, 4) is 12.8 Å². The first-order valence-electron chi connectivity index (χ1n) is 22.5. The van der Waals surface area contributed by atoms with Crippen LogP contribution in [0.1, 0.15) is 167 Å². The molecule has 3 rings (SSSR count). The van der Waals surface area contributed by atoms with E-state index in [1.165, 1.54) is 35.5 Å². The van der Waals surface area contributed by atoms with Gasteiger partial charge < -0.3 is 43.8 Å². The Kier molecular flexibility index (Phi) is 29.1. The van der Waals surface area contributed by atoms with Gasteiger partial charge in [0.25, 0.3) is 0 Å². The molecule has 65 heavy (non-hydrogen) atoms. The van der Waals surface area contributed by atoms with Gasteiger partial charge in [-0.3, -0.25) is 14.7 Å². The fraction of sp³-hybridized carbons (Fsp3) is 0.804. The first-order chi connectivity index (χ1) is 29.8. The van der Waals surface area contributed by atoms with E-state index in [4.69, 9.17) is 31.4 Å². The molecule has 8 atom stereocenters. The molecule has 0 spiro atoms. The van der Waals surface area contributed by atoms with Crippen LogP contribution < -0.4 is 0 Å². The molecule has 3 amide bonds. The Bertz CT molecular complexity index is 1550. The van der Waals surface area contributed by atoms with Crippen molar-refractivity contribution in [2.45, 2.75) is 228 Å². The second-order valence-corrected chi connectivity index (χ2v) is 18.5. The standard InChI is InChI=1S/C15H27NO5.C13H23NO5.C13H23NO4.C2H4O.C2H2.CH4.W.H2/c1-7-20-12(18)15(11(3)17)9-8-10(2)16(15)13(19)21-14(4,5)6;1-8-6-7-13(9(2)15,10(16)17)14(8)11(18)19-12(3,4)5;1-6-17-11(15)10-8-7-9(2)14(10)12(16)18-13(3,4)5;1-2-3;1-2;;;/h10-11,17H,7-9H2,1-6H3;8-9,15H,6-7H2,1-5H3,(H,16,17);9-10H,6-8H2,1-5H3;2H,1H3;1-2H;1H4;;1H/i;;;;;;;1+1D. The van der Waals surface area contributed by atoms with E-state index in [1.54, 1.807) is 62.3 Å². The molecular weight excluding hydrogens is 1020 g/mol. The maximum Gasteiger partial charge on any atom is 0.411 e. The van der Waals surface area contributed by atoms with Crippen LogP contribution in [0.3, 0.4) is 0 Å². The molecule has 380 valence electrons. The Labute approximate surface area is 406 Å². The van der Waals surface area contributed by atoms with Gasteiger partial charge in [-0.25, -0.2) is 28.8 Å². The summed E-state index contributed by atoms with van der Waals surface area (Å²) in [6.07, 6.45) is 7.98. The normalized spacial score (nSPS) is 24.4. The second-order valence-electron chi connectivity index (χ2n) is 18.5. The molecule has 0 bridgehead atoms. The van der Waals surface area contributed by atoms with Gasteiger partial charge in [-0.15, -0.1) is 12.8 Å². The summed E-state index contributed by atoms with van der Waals surface area (Å²) in [4.78, 5) is 85.4. The van der Waals surface area contributed by atoms with Crippen LogP contribution in [0, 0.1) is 12.8 Å². The quantitative estimate of drug-likeness (QED) is 0.0977. The maximum absolute atomic E-state index is 12.5. The monoisotopic (exact) mass is 1110 g/mol. The third-order valence-electron chi connectivity index (χ3n) is 10.0. The van der Waals surface area contributed by atoms with E-state index in [-0.39, 0.29) is 65.6 Å². The molecule has 0 aromatic carbocycles. The summed E-state index contributed by atoms with van der Waals surface area (Å²) in [7, 11) is 0. The van der Waals surface area contributed by atoms with Gasteiger partial charge in [0.2, 0.25) is 0 Å². The zero-order valence-corrected chi connectivity index (χ0v) is 44.3. The van der Waals surface area contributed by atoms with E-state index in [0.717, 1.165) is 12.7 Å². The molecule has 0 aromatic rings. The zero-order chi connectivity index (χ0) is 52.1. The van der Waals surface area contributed by atoms with Crippen LogP contribution in [-0.4, -0.2) is 150 Å². The molecule has 3 saturated heterocycles. The van der Waals surface area contributed by atoms with E-state index in [1.807, 2.05) is 34.6 Å². The van der Waals surface area contributed by atoms with Crippen LogP contribution in [0.5, 0.6) is 0 Å². The van der Waals surface area contributed by atoms with Crippen molar-refractivity contribution >= 4 is 42.5 Å². The molecule has 0 aliphatic carbocycles. The summed E-state index contributed by atoms with van der Waals surface area (Å²) in [5, 5.41) is 29.5. The number of amides is 3. The van der Waals surface area contributed by atoms with E-state index < -0.39 is 76.3 Å². The number of aldehydes is 1. The Hall–Kier alpha value is -3.94. The van der Waals surface area contributed by atoms with Crippen LogP contribution in [0.25, 0.3) is 0 Å². The molecule has 3 heterocycles. The molecule has 0 saturated carbocycles. The number of aliphatic hydroxyl groups excluding tert-OH is 2. The Balaban J connectivity index is -0.000000265. The number of terminal acetylenes is 1. The predicted octanol–water partition coefficient (Wildman–Crippen LogP) is 7.37. The summed E-state index contributed by atoms with van der Waals surface area (Å²) in [5.74, 6) is -2.11. The third-order valence-corrected chi connectivity index (χ3v) is 10.0. The van der Waals surface area contributed by atoms with Crippen LogP contribution in [0.4, 0.5) is 14.4 Å². The van der Waals surface area contributed by atoms with Crippen molar-refractivity contribution in [1.29, 1.82) is 0 Å². The minimum Gasteiger partial charge on any atom is -0.479 e. The number of esters is 2. The molecule has 0 aromatic heterocycles. The summed E-state index contributed by atoms with van der Waals surface area (Å²) in [5.41, 5.74) is -4.89. The van der Waals surface area contributed by atoms with Gasteiger partial charge in [0.1, 0.15) is 29.1 Å². The molecule has 18 nitrogen and oxygen atoms in total. The number of hydrogen-bond donors (Lipinski definition) is 3. The number of ether oxygens (including phenoxy) is 5. The molecule has 19 heteroatoms. The minimum atomic E-state index is -1.60. The smallest absolute Gasteiger partial charge is 0.411 e. The molecule has 3 fully saturated rings. The van der Waals surface area contributed by atoms with E-state index >= 15 is 0 Å². The van der Waals surface area contributed by atoms with E-state index in [2.05, 4.69) is 12.8 Å². The number of hydrogen-bond acceptors (Lipinski definition) is 14. The fourth-order valence-corrected chi connectivity index (χ4v) is 7.36. The average Bonchev–Trinajstić information content (AvgIpc) is 3.85. The van der Waals surface area contributed by atoms with Gasteiger partial charge in [0.15, 0.2) is 11.1 Å². The number of rotatable bonds is 7. The number of nitrogens with zero attached hydrogens (tertiary/aromatic N) is 3. The number of carboxylic acid groups (broad SMARTS) is 1. The summed E-state index contributed by atoms with van der Waals surface area (Å²) < 4.78 is 36.1. The molecule has 3 N–H and O–H groups in total. The summed E-state index contributed by atoms with van der Waals surface area (Å²) in [6, 6.07) is -0.969. The largest absolute Gasteiger partial charge is 0.479 e. The average molecular weight is 1110 g/mol. The van der Waals surface area contributed by atoms with Crippen molar-refractivity contribution in [3.63, 3.8) is 0 Å². The molecule has 3 aliphatic heterocycles. The van der Waals surface area contributed by atoms with E-state index in [0.29, 0.717) is 32.3 Å². The first-order valence-corrected chi connectivity index (χ1v) is 21.5. The second kappa shape index (κ2) is 29.0. The number of carbonyl (C=O) groups excluding carboxylic acids is 6. The molecular formula is C46H85N3O15W. The van der Waals surface area contributed by atoms with Crippen molar-refractivity contribution in [2.75, 3.05) is 13.2 Å². The Morgan fingerprint density at radius 3 is 1.35 bits per heavy atom. The zero-order valence-electron chi connectivity index (χ0n) is 43.3. The Morgan fingerprint density at radius 2 is 1.03 bits per heavy atom. The SMILES string of the molecule is C.C#C.CC1CCC(C(=O)O)(C(C)O)N1C(=O)OC(C)(C)C.CC=O.CCOC(=O)C1(C(C)O)CCC(C)N1C(=O)OC(C)(C)C.CCOC(=O)C1CCC(C)N1C(=O)OC(C)(C)C.[2H][2H].[W]. The summed E-state index contributed by atoms with van der Waals surface area (Å²) in [6.45, 7) is 29.7. The van der Waals surface area contributed by atoms with Crippen molar-refractivity contribution in [1.82, 2.24) is 14.7 Å². The van der Waals surface area contributed by atoms with Crippen molar-refractivity contribution in [2.24, 2.45) is 0 Å². The van der Waals surface area contributed by atoms with Crippen molar-refractivity contribution < 1.29 is 96.6 Å². The maximum atomic E-state index is 12.5. The van der Waals surface area contributed by atoms with Gasteiger partial charge in [0, 0.05) is 42.2 Å². The number of likely N-dealkylation sites (tertiary alicyclic amines) is 3. The number of carbonyl (C=O) groups is 7. The van der Waals surface area contributed by atoms with Gasteiger partial charge in [-0.1, -0.05) is 7.43 Å². The van der Waals surface area contributed by atoms with Gasteiger partial charge in [-0.05, 0) is 156 Å². The van der Waals surface area contributed by atoms with Gasteiger partial charge in [-0.2, -0.15) is 0 Å². The van der Waals surface area contributed by atoms with Crippen LogP contribution >= 0.6 is 0 Å². The van der Waals surface area contributed by atoms with Gasteiger partial charge in [0.05, 0.1) is 25.4 Å². The van der Waals surface area contributed by atoms with E-state index in [9.17, 15) is 44.1 Å². The number of aliphatic carboxylic acids is 1. The first kappa shape index (κ1) is 65.3. The van der Waals surface area contributed by atoms with Crippen LogP contribution in [0.15, 0.2) is 0 Å². The Morgan fingerprint density at radius 1 is 0.692 bits per heavy atom. The fourth-order valence-electron chi connectivity index (χ4n) is 7.36. The number of carboxylic acids is 1. The number of aliphatic hydroxyl groups is 2. The summed E-state index contributed by atoms with van der Waals surface area (Å²) >= 11 is 0. The predicted molar refractivity (Wildman–Crippen MR) is 244 cm³/mol. The van der Waals surface area contributed by atoms with Crippen LogP contribution in [0.2, 0.25) is 0 Å². The topological polar surface area (TPSA) is 236 Å². The van der Waals surface area contributed by atoms with Crippen LogP contribution in [-0.2, 0) is 63.9 Å². The molecule has 0 radical (unpaired) electrons.